The lowest BCUT2D eigenvalue weighted by atomic mass is 9.87. The number of unbranched alkanes of at least 4 members (excludes halogenated alkanes) is 1. The number of aromatic nitrogens is 3. The van der Waals surface area contributed by atoms with E-state index in [1.165, 1.54) is 10.9 Å². The lowest BCUT2D eigenvalue weighted by Gasteiger charge is -2.39. The van der Waals surface area contributed by atoms with Gasteiger partial charge in [-0.3, -0.25) is 28.7 Å². The molecule has 5 aromatic rings. The topological polar surface area (TPSA) is 141 Å². The zero-order chi connectivity index (χ0) is 42.5. The number of likely N-dealkylation sites (N-methyl/N-ethyl adjacent to an activating group) is 1. The number of ketones is 1. The molecule has 2 aliphatic heterocycles. The van der Waals surface area contributed by atoms with Gasteiger partial charge in [0.25, 0.3) is 5.56 Å². The molecule has 2 N–H and O–H groups in total. The number of likely N-dealkylation sites (tertiary alicyclic amines) is 1. The zero-order valence-electron chi connectivity index (χ0n) is 35.1. The molecule has 1 atom stereocenters. The maximum absolute atomic E-state index is 14.2. The summed E-state index contributed by atoms with van der Waals surface area (Å²) in [6.07, 6.45) is 8.85. The van der Waals surface area contributed by atoms with Gasteiger partial charge in [-0.1, -0.05) is 60.5 Å². The maximum Gasteiger partial charge on any atom is 0.261 e. The van der Waals surface area contributed by atoms with Crippen LogP contribution < -0.4 is 10.9 Å². The number of aryl methyl sites for hydroxylation is 1. The van der Waals surface area contributed by atoms with Crippen LogP contribution in [-0.4, -0.2) is 110 Å². The number of pyridine rings is 1. The number of piperidine rings is 1. The van der Waals surface area contributed by atoms with Gasteiger partial charge in [-0.2, -0.15) is 0 Å². The van der Waals surface area contributed by atoms with E-state index in [1.54, 1.807) is 18.2 Å². The minimum atomic E-state index is -1.20. The van der Waals surface area contributed by atoms with Crippen LogP contribution in [0.2, 0.25) is 5.02 Å². The summed E-state index contributed by atoms with van der Waals surface area (Å²) in [6, 6.07) is 20.5. The van der Waals surface area contributed by atoms with Crippen molar-refractivity contribution < 1.29 is 19.5 Å². The summed E-state index contributed by atoms with van der Waals surface area (Å²) in [7, 11) is 2.10. The maximum atomic E-state index is 14.2. The summed E-state index contributed by atoms with van der Waals surface area (Å²) in [6.45, 7) is 5.36. The number of carbonyl (C=O) groups excluding carboxylic acids is 3. The second kappa shape index (κ2) is 18.9. The molecule has 2 amide bonds. The van der Waals surface area contributed by atoms with Crippen LogP contribution in [0.15, 0.2) is 77.9 Å². The molecule has 8 rings (SSSR count). The smallest absolute Gasteiger partial charge is 0.261 e. The molecule has 0 saturated carbocycles. The fourth-order valence-electron chi connectivity index (χ4n) is 9.18. The van der Waals surface area contributed by atoms with Gasteiger partial charge in [0.1, 0.15) is 0 Å². The first kappa shape index (κ1) is 42.7. The van der Waals surface area contributed by atoms with Crippen LogP contribution >= 0.6 is 11.6 Å². The first-order valence-electron chi connectivity index (χ1n) is 21.9. The Hall–Kier alpha value is -5.01. The number of hydrogen-bond donors (Lipinski definition) is 2. The molecule has 2 saturated heterocycles. The fraction of sp³-hybridized carbons (Fsp3) is 0.458. The Balaban J connectivity index is 0.843. The van der Waals surface area contributed by atoms with Crippen molar-refractivity contribution in [2.75, 3.05) is 58.2 Å². The van der Waals surface area contributed by atoms with Crippen LogP contribution in [-0.2, 0) is 29.0 Å². The first-order valence-corrected chi connectivity index (χ1v) is 22.3. The fourth-order valence-corrected chi connectivity index (χ4v) is 9.54. The Labute approximate surface area is 361 Å². The Kier molecular flexibility index (Phi) is 13.3. The van der Waals surface area contributed by atoms with Crippen molar-refractivity contribution in [1.29, 1.82) is 0 Å². The van der Waals surface area contributed by atoms with E-state index in [2.05, 4.69) is 27.1 Å². The molecule has 1 unspecified atom stereocenters. The molecule has 61 heavy (non-hydrogen) atoms. The first-order chi connectivity index (χ1) is 29.5. The molecule has 320 valence electrons. The molecule has 2 aromatic heterocycles. The molecule has 0 radical (unpaired) electrons. The average molecular weight is 846 g/mol. The van der Waals surface area contributed by atoms with Crippen molar-refractivity contribution in [2.24, 2.45) is 0 Å². The van der Waals surface area contributed by atoms with E-state index < -0.39 is 5.60 Å². The normalized spacial score (nSPS) is 17.6. The summed E-state index contributed by atoms with van der Waals surface area (Å²) in [5, 5.41) is 16.7. The lowest BCUT2D eigenvalue weighted by molar-refractivity contribution is -0.137. The third-order valence-corrected chi connectivity index (χ3v) is 13.4. The summed E-state index contributed by atoms with van der Waals surface area (Å²) >= 11 is 6.77. The third kappa shape index (κ3) is 10.0. The van der Waals surface area contributed by atoms with E-state index in [-0.39, 0.29) is 35.6 Å². The lowest BCUT2D eigenvalue weighted by Crippen LogP contribution is -2.50. The van der Waals surface area contributed by atoms with Gasteiger partial charge in [0.2, 0.25) is 11.8 Å². The Morgan fingerprint density at radius 2 is 1.62 bits per heavy atom. The van der Waals surface area contributed by atoms with Gasteiger partial charge in [0, 0.05) is 81.0 Å². The highest BCUT2D eigenvalue weighted by atomic mass is 35.5. The van der Waals surface area contributed by atoms with Crippen LogP contribution in [0.3, 0.4) is 0 Å². The van der Waals surface area contributed by atoms with Gasteiger partial charge in [-0.15, -0.1) is 0 Å². The summed E-state index contributed by atoms with van der Waals surface area (Å²) < 4.78 is 1.44. The minimum Gasteiger partial charge on any atom is -0.388 e. The summed E-state index contributed by atoms with van der Waals surface area (Å²) in [4.78, 5) is 69.6. The predicted octanol–water partition coefficient (Wildman–Crippen LogP) is 6.63. The molecule has 0 spiro atoms. The van der Waals surface area contributed by atoms with Gasteiger partial charge >= 0.3 is 0 Å². The highest BCUT2D eigenvalue weighted by Gasteiger charge is 2.37. The van der Waals surface area contributed by atoms with Crippen molar-refractivity contribution >= 4 is 56.7 Å². The van der Waals surface area contributed by atoms with Gasteiger partial charge in [0.05, 0.1) is 45.8 Å². The van der Waals surface area contributed by atoms with E-state index in [4.69, 9.17) is 16.6 Å². The van der Waals surface area contributed by atoms with Gasteiger partial charge in [0.15, 0.2) is 5.78 Å². The molecule has 0 bridgehead atoms. The van der Waals surface area contributed by atoms with Gasteiger partial charge in [-0.25, -0.2) is 4.98 Å². The van der Waals surface area contributed by atoms with E-state index in [9.17, 15) is 24.3 Å². The summed E-state index contributed by atoms with van der Waals surface area (Å²) in [5.74, 6) is -0.399. The molecule has 12 nitrogen and oxygen atoms in total. The van der Waals surface area contributed by atoms with Crippen molar-refractivity contribution in [3.8, 4) is 0 Å². The molecule has 1 aliphatic carbocycles. The highest BCUT2D eigenvalue weighted by molar-refractivity contribution is 6.36. The van der Waals surface area contributed by atoms with Crippen molar-refractivity contribution in [3.63, 3.8) is 0 Å². The van der Waals surface area contributed by atoms with Gasteiger partial charge in [-0.05, 0) is 93.8 Å². The van der Waals surface area contributed by atoms with E-state index >= 15 is 0 Å². The van der Waals surface area contributed by atoms with Crippen LogP contribution in [0.5, 0.6) is 0 Å². The zero-order valence-corrected chi connectivity index (χ0v) is 35.8. The van der Waals surface area contributed by atoms with Gasteiger partial charge < -0.3 is 25.1 Å². The number of benzene rings is 3. The number of anilines is 1. The molecule has 3 aromatic carbocycles. The minimum absolute atomic E-state index is 0.00662. The number of amides is 2. The van der Waals surface area contributed by atoms with Crippen molar-refractivity contribution in [1.82, 2.24) is 29.2 Å². The number of fused-ring (bicyclic) bond motifs is 3. The SMILES string of the molecule is CN1CCN(CCC(=O)Nc2ccc3c(=O)n(CC4(O)CCN(C(=O)C(CCCCC(=O)c5ccc6c(Cl)c7c(nc6c5)CCCC7)c5ccccc5)CC4)cnc3c2)CC1. The molecule has 4 heterocycles. The second-order valence-corrected chi connectivity index (χ2v) is 17.7. The number of rotatable bonds is 14. The number of hydrogen-bond acceptors (Lipinski definition) is 9. The largest absolute Gasteiger partial charge is 0.388 e. The highest BCUT2D eigenvalue weighted by Crippen LogP contribution is 2.34. The molecular formula is C48H56ClN7O5. The number of piperazine rings is 1. The number of nitrogens with zero attached hydrogens (tertiary/aromatic N) is 6. The van der Waals surface area contributed by atoms with Crippen molar-refractivity contribution in [3.05, 3.63) is 111 Å². The monoisotopic (exact) mass is 845 g/mol. The predicted molar refractivity (Wildman–Crippen MR) is 239 cm³/mol. The summed E-state index contributed by atoms with van der Waals surface area (Å²) in [5.41, 5.74) is 4.11. The van der Waals surface area contributed by atoms with E-state index in [0.717, 1.165) is 84.6 Å². The van der Waals surface area contributed by atoms with E-state index in [0.29, 0.717) is 86.7 Å². The van der Waals surface area contributed by atoms with Crippen LogP contribution in [0, 0.1) is 0 Å². The molecule has 2 fully saturated rings. The Morgan fingerprint density at radius 1 is 0.869 bits per heavy atom. The standard InChI is InChI=1S/C48H56ClN7O5/c1-53-25-27-54(28-26-53)22-19-44(58)51-35-16-18-39-41(30-35)50-32-56(47(39)60)31-48(61)20-23-55(24-21-48)46(59)36(33-9-3-2-4-10-33)11-6-8-14-43(57)34-15-17-38-42(29-34)52-40-13-7-5-12-37(40)45(38)49/h2-4,9-10,15-18,29-30,32,36,61H,5-8,11-14,19-28,31H2,1H3,(H,51,58). The Bertz CT molecular complexity index is 2460. The Morgan fingerprint density at radius 3 is 2.41 bits per heavy atom. The molecular weight excluding hydrogens is 790 g/mol. The quantitative estimate of drug-likeness (QED) is 0.0931. The van der Waals surface area contributed by atoms with E-state index in [1.807, 2.05) is 53.4 Å². The number of Topliss-reactive ketones (excluding diaryl/α,β-unsaturated/α-hetero) is 1. The van der Waals surface area contributed by atoms with Crippen LogP contribution in [0.4, 0.5) is 5.69 Å². The number of nitrogens with one attached hydrogen (secondary N) is 1. The number of aliphatic hydroxyl groups is 1. The number of halogens is 1. The third-order valence-electron chi connectivity index (χ3n) is 13.0. The van der Waals surface area contributed by atoms with Crippen LogP contribution in [0.25, 0.3) is 21.8 Å². The molecule has 3 aliphatic rings. The average Bonchev–Trinajstić information content (AvgIpc) is 3.27. The second-order valence-electron chi connectivity index (χ2n) is 17.3. The molecule has 13 heteroatoms. The number of carbonyl (C=O) groups is 3. The van der Waals surface area contributed by atoms with Crippen molar-refractivity contribution in [2.45, 2.75) is 88.7 Å². The van der Waals surface area contributed by atoms with Crippen LogP contribution in [0.1, 0.15) is 90.9 Å².